The van der Waals surface area contributed by atoms with Crippen LogP contribution in [0.15, 0.2) is 21.7 Å². The number of H-pyrrole nitrogens is 1. The maximum Gasteiger partial charge on any atom is 0.328 e. The first-order chi connectivity index (χ1) is 12.0. The largest absolute Gasteiger partial charge is 0.490 e. The Morgan fingerprint density at radius 3 is 2.56 bits per heavy atom. The van der Waals surface area contributed by atoms with Gasteiger partial charge >= 0.3 is 5.69 Å². The first-order valence-electron chi connectivity index (χ1n) is 8.53. The van der Waals surface area contributed by atoms with Gasteiger partial charge in [-0.3, -0.25) is 9.36 Å². The van der Waals surface area contributed by atoms with Crippen LogP contribution >= 0.6 is 0 Å². The number of benzene rings is 1. The predicted octanol–water partition coefficient (Wildman–Crippen LogP) is 1.91. The molecule has 7 heteroatoms. The van der Waals surface area contributed by atoms with E-state index in [-0.39, 0.29) is 17.5 Å². The Bertz CT molecular complexity index is 885. The fourth-order valence-corrected chi connectivity index (χ4v) is 3.04. The summed E-state index contributed by atoms with van der Waals surface area (Å²) in [6, 6.07) is 3.32. The highest BCUT2D eigenvalue weighted by atomic mass is 16.5. The van der Waals surface area contributed by atoms with Crippen LogP contribution in [0.4, 0.5) is 0 Å². The lowest BCUT2D eigenvalue weighted by Gasteiger charge is -2.27. The molecular formula is C18H24N2O5. The molecule has 0 bridgehead atoms. The summed E-state index contributed by atoms with van der Waals surface area (Å²) in [6.07, 6.45) is 1.56. The van der Waals surface area contributed by atoms with Crippen LogP contribution in [0.5, 0.6) is 11.5 Å². The second kappa shape index (κ2) is 6.92. The molecule has 0 spiro atoms. The summed E-state index contributed by atoms with van der Waals surface area (Å²) in [4.78, 5) is 28.2. The molecule has 2 aromatic rings. The third-order valence-corrected chi connectivity index (χ3v) is 4.74. The van der Waals surface area contributed by atoms with Crippen molar-refractivity contribution in [3.8, 4) is 11.5 Å². The van der Waals surface area contributed by atoms with Crippen LogP contribution in [-0.4, -0.2) is 36.5 Å². The van der Waals surface area contributed by atoms with Gasteiger partial charge in [-0.2, -0.15) is 0 Å². The molecule has 25 heavy (non-hydrogen) atoms. The predicted molar refractivity (Wildman–Crippen MR) is 94.7 cm³/mol. The van der Waals surface area contributed by atoms with Gasteiger partial charge in [0.15, 0.2) is 11.5 Å². The molecule has 0 amide bonds. The van der Waals surface area contributed by atoms with Crippen molar-refractivity contribution < 1.29 is 14.2 Å². The van der Waals surface area contributed by atoms with E-state index in [0.717, 1.165) is 12.8 Å². The molecule has 1 aliphatic heterocycles. The van der Waals surface area contributed by atoms with E-state index in [1.807, 2.05) is 13.8 Å². The smallest absolute Gasteiger partial charge is 0.328 e. The number of ether oxygens (including phenoxy) is 3. The highest BCUT2D eigenvalue weighted by molar-refractivity contribution is 5.81. The van der Waals surface area contributed by atoms with E-state index >= 15 is 0 Å². The molecule has 0 aliphatic carbocycles. The first kappa shape index (κ1) is 17.5. The van der Waals surface area contributed by atoms with Crippen LogP contribution in [0.25, 0.3) is 10.9 Å². The maximum absolute atomic E-state index is 12.9. The van der Waals surface area contributed by atoms with Gasteiger partial charge in [0.1, 0.15) is 0 Å². The van der Waals surface area contributed by atoms with E-state index < -0.39 is 5.69 Å². The van der Waals surface area contributed by atoms with Gasteiger partial charge in [-0.05, 0) is 12.5 Å². The van der Waals surface area contributed by atoms with Crippen LogP contribution in [0.2, 0.25) is 0 Å². The van der Waals surface area contributed by atoms with Crippen molar-refractivity contribution in [1.29, 1.82) is 0 Å². The van der Waals surface area contributed by atoms with Crippen molar-refractivity contribution in [3.05, 3.63) is 33.0 Å². The van der Waals surface area contributed by atoms with Crippen LogP contribution in [0.3, 0.4) is 0 Å². The number of rotatable bonds is 5. The second-order valence-electron chi connectivity index (χ2n) is 6.81. The molecule has 136 valence electrons. The first-order valence-corrected chi connectivity index (χ1v) is 8.53. The molecule has 2 heterocycles. The average molecular weight is 348 g/mol. The number of aromatic amines is 1. The van der Waals surface area contributed by atoms with Gasteiger partial charge in [-0.15, -0.1) is 0 Å². The third kappa shape index (κ3) is 3.42. The Labute approximate surface area is 145 Å². The molecule has 0 saturated carbocycles. The maximum atomic E-state index is 12.9. The lowest BCUT2D eigenvalue weighted by molar-refractivity contribution is 0.0739. The van der Waals surface area contributed by atoms with Crippen molar-refractivity contribution in [2.24, 2.45) is 5.41 Å². The number of methoxy groups -OCH3 is 1. The quantitative estimate of drug-likeness (QED) is 0.892. The SMILES string of the molecule is CCC(C)(COC)Cn1c(=O)[nH]c2cc3c(cc2c1=O)OCCCO3. The van der Waals surface area contributed by atoms with Crippen molar-refractivity contribution >= 4 is 10.9 Å². The number of hydrogen-bond donors (Lipinski definition) is 1. The molecule has 1 N–H and O–H groups in total. The highest BCUT2D eigenvalue weighted by Gasteiger charge is 2.25. The number of aromatic nitrogens is 2. The molecular weight excluding hydrogens is 324 g/mol. The second-order valence-corrected chi connectivity index (χ2v) is 6.81. The molecule has 3 rings (SSSR count). The number of nitrogens with one attached hydrogen (secondary N) is 1. The molecule has 0 radical (unpaired) electrons. The topological polar surface area (TPSA) is 82.6 Å². The summed E-state index contributed by atoms with van der Waals surface area (Å²) >= 11 is 0. The molecule has 1 aromatic heterocycles. The average Bonchev–Trinajstić information content (AvgIpc) is 2.82. The van der Waals surface area contributed by atoms with Crippen molar-refractivity contribution in [1.82, 2.24) is 9.55 Å². The van der Waals surface area contributed by atoms with Gasteiger partial charge in [0, 0.05) is 31.6 Å². The molecule has 0 saturated heterocycles. The van der Waals surface area contributed by atoms with Crippen LogP contribution < -0.4 is 20.7 Å². The Hall–Kier alpha value is -2.28. The molecule has 7 nitrogen and oxygen atoms in total. The van der Waals surface area contributed by atoms with E-state index in [2.05, 4.69) is 4.98 Å². The molecule has 1 atom stereocenters. The van der Waals surface area contributed by atoms with Gasteiger partial charge in [0.05, 0.1) is 30.7 Å². The van der Waals surface area contributed by atoms with Gasteiger partial charge in [-0.1, -0.05) is 13.8 Å². The summed E-state index contributed by atoms with van der Waals surface area (Å²) in [5.41, 5.74) is -0.599. The Morgan fingerprint density at radius 1 is 1.24 bits per heavy atom. The summed E-state index contributed by atoms with van der Waals surface area (Å²) in [7, 11) is 1.62. The Balaban J connectivity index is 2.12. The zero-order chi connectivity index (χ0) is 18.0. The molecule has 0 fully saturated rings. The van der Waals surface area contributed by atoms with Gasteiger partial charge in [-0.25, -0.2) is 4.79 Å². The highest BCUT2D eigenvalue weighted by Crippen LogP contribution is 2.32. The summed E-state index contributed by atoms with van der Waals surface area (Å²) in [5, 5.41) is 0.416. The van der Waals surface area contributed by atoms with Crippen molar-refractivity contribution in [2.75, 3.05) is 26.9 Å². The van der Waals surface area contributed by atoms with E-state index in [1.165, 1.54) is 4.57 Å². The minimum Gasteiger partial charge on any atom is -0.490 e. The van der Waals surface area contributed by atoms with E-state index in [4.69, 9.17) is 14.2 Å². The minimum absolute atomic E-state index is 0.288. The third-order valence-electron chi connectivity index (χ3n) is 4.74. The van der Waals surface area contributed by atoms with Gasteiger partial charge in [0.25, 0.3) is 5.56 Å². The fourth-order valence-electron chi connectivity index (χ4n) is 3.04. The van der Waals surface area contributed by atoms with Crippen LogP contribution in [-0.2, 0) is 11.3 Å². The lowest BCUT2D eigenvalue weighted by Crippen LogP contribution is -2.41. The Kier molecular flexibility index (Phi) is 4.85. The van der Waals surface area contributed by atoms with Crippen LogP contribution in [0.1, 0.15) is 26.7 Å². The molecule has 1 unspecified atom stereocenters. The summed E-state index contributed by atoms with van der Waals surface area (Å²) < 4.78 is 17.8. The van der Waals surface area contributed by atoms with Gasteiger partial charge in [0.2, 0.25) is 0 Å². The summed E-state index contributed by atoms with van der Waals surface area (Å²) in [6.45, 7) is 5.86. The van der Waals surface area contributed by atoms with Crippen molar-refractivity contribution in [2.45, 2.75) is 33.2 Å². The molecule has 1 aliphatic rings. The fraction of sp³-hybridized carbons (Fsp3) is 0.556. The normalized spacial score (nSPS) is 16.4. The zero-order valence-corrected chi connectivity index (χ0v) is 14.9. The van der Waals surface area contributed by atoms with E-state index in [9.17, 15) is 9.59 Å². The van der Waals surface area contributed by atoms with Crippen LogP contribution in [0, 0.1) is 5.41 Å². The van der Waals surface area contributed by atoms with E-state index in [0.29, 0.717) is 42.2 Å². The number of hydrogen-bond acceptors (Lipinski definition) is 5. The van der Waals surface area contributed by atoms with Crippen molar-refractivity contribution in [3.63, 3.8) is 0 Å². The summed E-state index contributed by atoms with van der Waals surface area (Å²) in [5.74, 6) is 1.09. The lowest BCUT2D eigenvalue weighted by atomic mass is 9.88. The minimum atomic E-state index is -0.428. The molecule has 1 aromatic carbocycles. The Morgan fingerprint density at radius 2 is 1.92 bits per heavy atom. The standard InChI is InChI=1S/C18H24N2O5/c1-4-18(2,11-23-3)10-20-16(21)12-8-14-15(25-7-5-6-24-14)9-13(12)19-17(20)22/h8-9H,4-7,10-11H2,1-3H3,(H,19,22). The number of nitrogens with zero attached hydrogens (tertiary/aromatic N) is 1. The van der Waals surface area contributed by atoms with E-state index in [1.54, 1.807) is 19.2 Å². The number of fused-ring (bicyclic) bond motifs is 2. The zero-order valence-electron chi connectivity index (χ0n) is 14.9. The van der Waals surface area contributed by atoms with Gasteiger partial charge < -0.3 is 19.2 Å². The monoisotopic (exact) mass is 348 g/mol.